The highest BCUT2D eigenvalue weighted by Gasteiger charge is 2.32. The highest BCUT2D eigenvalue weighted by molar-refractivity contribution is 14.1. The summed E-state index contributed by atoms with van der Waals surface area (Å²) >= 11 is 2.03. The van der Waals surface area contributed by atoms with Gasteiger partial charge in [-0.3, -0.25) is 0 Å². The molecule has 4 nitrogen and oxygen atoms in total. The Morgan fingerprint density at radius 3 is 2.83 bits per heavy atom. The predicted octanol–water partition coefficient (Wildman–Crippen LogP) is 3.12. The van der Waals surface area contributed by atoms with Crippen molar-refractivity contribution in [2.75, 3.05) is 6.54 Å². The third-order valence-electron chi connectivity index (χ3n) is 3.93. The minimum atomic E-state index is -0.847. The van der Waals surface area contributed by atoms with Crippen LogP contribution in [0.25, 0.3) is 0 Å². The van der Waals surface area contributed by atoms with Gasteiger partial charge >= 0.3 is 0 Å². The first-order valence-electron chi connectivity index (χ1n) is 7.90. The number of benzene rings is 1. The second-order valence-corrected chi connectivity index (χ2v) is 7.48. The molecule has 6 heteroatoms. The monoisotopic (exact) mass is 440 g/mol. The zero-order valence-corrected chi connectivity index (χ0v) is 15.6. The molecule has 1 atom stereocenters. The molecule has 3 N–H and O–H groups in total. The summed E-state index contributed by atoms with van der Waals surface area (Å²) in [4.78, 5) is 4.50. The molecule has 1 unspecified atom stereocenters. The summed E-state index contributed by atoms with van der Waals surface area (Å²) in [5.74, 6) is 0.480. The molecule has 1 fully saturated rings. The fourth-order valence-electron chi connectivity index (χ4n) is 2.50. The van der Waals surface area contributed by atoms with E-state index in [9.17, 15) is 9.50 Å². The van der Waals surface area contributed by atoms with Crippen LogP contribution in [0.5, 0.6) is 0 Å². The van der Waals surface area contributed by atoms with E-state index in [4.69, 9.17) is 5.73 Å². The minimum Gasteiger partial charge on any atom is -0.402 e. The summed E-state index contributed by atoms with van der Waals surface area (Å²) in [5.41, 5.74) is 8.20. The van der Waals surface area contributed by atoms with E-state index in [1.807, 2.05) is 35.0 Å². The lowest BCUT2D eigenvalue weighted by Crippen LogP contribution is -2.31. The number of halogens is 2. The van der Waals surface area contributed by atoms with Crippen LogP contribution in [0.3, 0.4) is 0 Å². The number of aliphatic imine (C=N–C) groups is 1. The van der Waals surface area contributed by atoms with Crippen molar-refractivity contribution in [3.63, 3.8) is 0 Å². The third-order valence-corrected chi connectivity index (χ3v) is 4.79. The van der Waals surface area contributed by atoms with E-state index in [0.29, 0.717) is 20.7 Å². The molecule has 0 bridgehead atoms. The molecule has 3 rings (SSSR count). The van der Waals surface area contributed by atoms with Crippen LogP contribution in [0, 0.1) is 15.3 Å². The lowest BCUT2D eigenvalue weighted by atomic mass is 10.0. The Hall–Kier alpha value is -1.54. The SMILES string of the molecule is CC(N)=CC(=Nc1ccc(F)cc1I)C(O)C1=C[N+](CC2CC2)=C1. The van der Waals surface area contributed by atoms with Crippen LogP contribution < -0.4 is 5.73 Å². The van der Waals surface area contributed by atoms with Gasteiger partial charge in [-0.1, -0.05) is 0 Å². The minimum absolute atomic E-state index is 0.309. The zero-order chi connectivity index (χ0) is 17.3. The molecule has 1 aliphatic carbocycles. The smallest absolute Gasteiger partial charge is 0.181 e. The highest BCUT2D eigenvalue weighted by atomic mass is 127. The Morgan fingerprint density at radius 1 is 1.54 bits per heavy atom. The molecule has 1 aromatic rings. The molecule has 126 valence electrons. The molecule has 2 aliphatic rings. The largest absolute Gasteiger partial charge is 0.402 e. The fourth-order valence-corrected chi connectivity index (χ4v) is 3.10. The summed E-state index contributed by atoms with van der Waals surface area (Å²) in [6.45, 7) is 2.76. The molecule has 0 radical (unpaired) electrons. The quantitative estimate of drug-likeness (QED) is 0.406. The van der Waals surface area contributed by atoms with Crippen molar-refractivity contribution in [1.29, 1.82) is 0 Å². The van der Waals surface area contributed by atoms with Gasteiger partial charge in [0.25, 0.3) is 0 Å². The number of nitrogens with two attached hydrogens (primary N) is 1. The zero-order valence-electron chi connectivity index (χ0n) is 13.4. The summed E-state index contributed by atoms with van der Waals surface area (Å²) < 4.78 is 16.0. The molecule has 1 saturated carbocycles. The van der Waals surface area contributed by atoms with Gasteiger partial charge < -0.3 is 10.8 Å². The van der Waals surface area contributed by atoms with E-state index in [0.717, 1.165) is 18.0 Å². The molecular weight excluding hydrogens is 420 g/mol. The molecular formula is C18H20FIN3O+. The summed E-state index contributed by atoms with van der Waals surface area (Å²) in [5, 5.41) is 10.6. The first kappa shape index (κ1) is 17.3. The van der Waals surface area contributed by atoms with E-state index < -0.39 is 6.10 Å². The van der Waals surface area contributed by atoms with Crippen molar-refractivity contribution in [2.45, 2.75) is 25.9 Å². The van der Waals surface area contributed by atoms with Crippen LogP contribution in [0.4, 0.5) is 10.1 Å². The van der Waals surface area contributed by atoms with E-state index >= 15 is 0 Å². The van der Waals surface area contributed by atoms with Crippen LogP contribution >= 0.6 is 22.6 Å². The van der Waals surface area contributed by atoms with Crippen molar-refractivity contribution < 1.29 is 14.1 Å². The Morgan fingerprint density at radius 2 is 2.25 bits per heavy atom. The van der Waals surface area contributed by atoms with Gasteiger partial charge in [0, 0.05) is 15.2 Å². The number of hydrogen-bond acceptors (Lipinski definition) is 3. The molecule has 0 aromatic heterocycles. The first-order chi connectivity index (χ1) is 11.4. The third kappa shape index (κ3) is 4.30. The van der Waals surface area contributed by atoms with Crippen molar-refractivity contribution >= 4 is 40.2 Å². The fraction of sp³-hybridized carbons (Fsp3) is 0.333. The predicted molar refractivity (Wildman–Crippen MR) is 102 cm³/mol. The van der Waals surface area contributed by atoms with Gasteiger partial charge in [-0.05, 0) is 66.6 Å². The lowest BCUT2D eigenvalue weighted by Gasteiger charge is -2.16. The van der Waals surface area contributed by atoms with Gasteiger partial charge in [0.15, 0.2) is 19.0 Å². The van der Waals surface area contributed by atoms with Gasteiger partial charge in [-0.15, -0.1) is 0 Å². The van der Waals surface area contributed by atoms with Crippen LogP contribution in [-0.4, -0.2) is 34.3 Å². The van der Waals surface area contributed by atoms with Crippen LogP contribution in [0.1, 0.15) is 19.8 Å². The van der Waals surface area contributed by atoms with E-state index in [2.05, 4.69) is 9.57 Å². The first-order valence-corrected chi connectivity index (χ1v) is 8.98. The molecule has 1 heterocycles. The van der Waals surface area contributed by atoms with Gasteiger partial charge in [0.1, 0.15) is 17.5 Å². The number of rotatable bonds is 6. The van der Waals surface area contributed by atoms with Crippen molar-refractivity contribution in [2.24, 2.45) is 16.6 Å². The van der Waals surface area contributed by atoms with Crippen molar-refractivity contribution in [1.82, 2.24) is 0 Å². The molecule has 1 aromatic carbocycles. The standard InChI is InChI=1S/C18H20FIN3O/c1-11(21)6-17(22-16-5-4-14(19)7-15(16)20)18(24)13-9-23(10-13)8-12-2-3-12/h4-7,9-10,12,18,24H,2-3,8,21H2,1H3/q+1. The number of allylic oxidation sites excluding steroid dienone is 1. The molecule has 0 amide bonds. The summed E-state index contributed by atoms with van der Waals surface area (Å²) in [7, 11) is 0. The molecule has 0 spiro atoms. The Balaban J connectivity index is 1.81. The van der Waals surface area contributed by atoms with Crippen LogP contribution in [0.2, 0.25) is 0 Å². The van der Waals surface area contributed by atoms with Crippen LogP contribution in [0.15, 0.2) is 46.7 Å². The Kier molecular flexibility index (Phi) is 5.15. The Bertz CT molecular complexity index is 774. The number of aliphatic hydroxyl groups excluding tert-OH is 1. The second-order valence-electron chi connectivity index (χ2n) is 6.32. The maximum Gasteiger partial charge on any atom is 0.181 e. The number of aliphatic hydroxyl groups is 1. The second kappa shape index (κ2) is 7.14. The summed E-state index contributed by atoms with van der Waals surface area (Å²) in [6.07, 6.45) is 7.30. The van der Waals surface area contributed by atoms with Gasteiger partial charge in [0.05, 0.1) is 11.4 Å². The molecule has 0 saturated heterocycles. The van der Waals surface area contributed by atoms with E-state index in [-0.39, 0.29) is 5.82 Å². The van der Waals surface area contributed by atoms with Crippen LogP contribution in [-0.2, 0) is 0 Å². The highest BCUT2D eigenvalue weighted by Crippen LogP contribution is 2.30. The van der Waals surface area contributed by atoms with Gasteiger partial charge in [0.2, 0.25) is 0 Å². The average Bonchev–Trinajstić information content (AvgIpc) is 3.27. The topological polar surface area (TPSA) is 61.6 Å². The van der Waals surface area contributed by atoms with Gasteiger partial charge in [-0.25, -0.2) is 14.0 Å². The summed E-state index contributed by atoms with van der Waals surface area (Å²) in [6, 6.07) is 4.37. The lowest BCUT2D eigenvalue weighted by molar-refractivity contribution is -0.467. The van der Waals surface area contributed by atoms with Crippen molar-refractivity contribution in [3.8, 4) is 0 Å². The average molecular weight is 440 g/mol. The van der Waals surface area contributed by atoms with Gasteiger partial charge in [-0.2, -0.15) is 0 Å². The number of nitrogens with zero attached hydrogens (tertiary/aromatic N) is 2. The van der Waals surface area contributed by atoms with E-state index in [1.165, 1.54) is 25.0 Å². The van der Waals surface area contributed by atoms with E-state index in [1.54, 1.807) is 19.1 Å². The molecule has 24 heavy (non-hydrogen) atoms. The maximum absolute atomic E-state index is 13.2. The Labute approximate surface area is 154 Å². The maximum atomic E-state index is 13.2. The molecule has 1 aliphatic heterocycles. The normalized spacial score (nSPS) is 19.5. The van der Waals surface area contributed by atoms with Crippen molar-refractivity contribution in [3.05, 3.63) is 51.1 Å². The number of hydrogen-bond donors (Lipinski definition) is 2.